The number of nitrogens with two attached hydrogens (primary N) is 1. The van der Waals surface area contributed by atoms with Gasteiger partial charge >= 0.3 is 7.60 Å². The minimum atomic E-state index is -3.36. The van der Waals surface area contributed by atoms with Crippen LogP contribution < -0.4 is 10.6 Å². The van der Waals surface area contributed by atoms with Gasteiger partial charge in [-0.25, -0.2) is 15.0 Å². The smallest absolute Gasteiger partial charge is 0.356 e. The van der Waals surface area contributed by atoms with Gasteiger partial charge in [0.15, 0.2) is 11.3 Å². The maximum atomic E-state index is 12.3. The van der Waals surface area contributed by atoms with Crippen molar-refractivity contribution in [1.29, 1.82) is 0 Å². The van der Waals surface area contributed by atoms with E-state index in [4.69, 9.17) is 24.4 Å². The van der Waals surface area contributed by atoms with Gasteiger partial charge in [-0.1, -0.05) is 0 Å². The van der Waals surface area contributed by atoms with Crippen molar-refractivity contribution in [2.75, 3.05) is 38.5 Å². The van der Waals surface area contributed by atoms with Crippen LogP contribution in [0.4, 0.5) is 5.82 Å². The molecule has 2 rings (SSSR count). The van der Waals surface area contributed by atoms with Crippen LogP contribution in [0.5, 0.6) is 0 Å². The van der Waals surface area contributed by atoms with Gasteiger partial charge in [-0.05, 0) is 13.8 Å². The first-order valence-electron chi connectivity index (χ1n) is 7.70. The first-order valence-corrected chi connectivity index (χ1v) is 9.43. The molecule has 2 aromatic heterocycles. The summed E-state index contributed by atoms with van der Waals surface area (Å²) < 4.78 is 29.3. The Balaban J connectivity index is 1.95. The van der Waals surface area contributed by atoms with Crippen LogP contribution in [0.3, 0.4) is 0 Å². The fourth-order valence-corrected chi connectivity index (χ4v) is 3.35. The van der Waals surface area contributed by atoms with Gasteiger partial charge in [0.1, 0.15) is 31.7 Å². The number of anilines is 1. The molecule has 0 fully saturated rings. The van der Waals surface area contributed by atoms with Gasteiger partial charge in [0.25, 0.3) is 0 Å². The average molecular weight is 375 g/mol. The maximum Gasteiger partial charge on any atom is 0.356 e. The predicted molar refractivity (Wildman–Crippen MR) is 88.9 cm³/mol. The summed E-state index contributed by atoms with van der Waals surface area (Å²) in [7, 11) is -3.36. The number of rotatable bonds is 11. The van der Waals surface area contributed by atoms with E-state index in [-0.39, 0.29) is 38.6 Å². The zero-order valence-corrected chi connectivity index (χ0v) is 15.0. The van der Waals surface area contributed by atoms with Crippen LogP contribution in [0, 0.1) is 0 Å². The monoisotopic (exact) mass is 375 g/mol. The maximum absolute atomic E-state index is 12.3. The number of hydrogen-bond acceptors (Lipinski definition) is 10. The van der Waals surface area contributed by atoms with E-state index in [2.05, 4.69) is 15.0 Å². The van der Waals surface area contributed by atoms with Crippen LogP contribution in [-0.2, 0) is 18.3 Å². The molecule has 0 saturated carbocycles. The number of nitrogen functional groups attached to an aromatic ring is 1. The summed E-state index contributed by atoms with van der Waals surface area (Å²) in [4.78, 5) is 17.4. The lowest BCUT2D eigenvalue weighted by Gasteiger charge is -2.21. The van der Waals surface area contributed by atoms with E-state index in [1.807, 2.05) is 0 Å². The topological polar surface area (TPSA) is 144 Å². The number of hydrogen-bond donors (Lipinski definition) is 2. The van der Waals surface area contributed by atoms with E-state index in [0.717, 1.165) is 0 Å². The molecular weight excluding hydrogens is 353 g/mol. The largest absolute Gasteiger partial charge is 0.408 e. The van der Waals surface area contributed by atoms with Crippen molar-refractivity contribution in [2.45, 2.75) is 20.0 Å². The Morgan fingerprint density at radius 3 is 2.64 bits per heavy atom. The summed E-state index contributed by atoms with van der Waals surface area (Å²) in [6, 6.07) is 0. The molecule has 0 aliphatic carbocycles. The molecule has 0 spiro atoms. The van der Waals surface area contributed by atoms with Crippen molar-refractivity contribution in [2.24, 2.45) is 0 Å². The van der Waals surface area contributed by atoms with Crippen LogP contribution in [0.25, 0.3) is 11.2 Å². The molecule has 0 saturated heterocycles. The molecule has 25 heavy (non-hydrogen) atoms. The van der Waals surface area contributed by atoms with E-state index in [1.165, 1.54) is 17.4 Å². The molecule has 0 aliphatic heterocycles. The second-order valence-corrected chi connectivity index (χ2v) is 6.84. The van der Waals surface area contributed by atoms with Gasteiger partial charge in [-0.15, -0.1) is 0 Å². The van der Waals surface area contributed by atoms with E-state index in [0.29, 0.717) is 11.2 Å². The Morgan fingerprint density at radius 2 is 2.00 bits per heavy atom. The van der Waals surface area contributed by atoms with Crippen molar-refractivity contribution >= 4 is 24.6 Å². The van der Waals surface area contributed by atoms with Gasteiger partial charge in [0, 0.05) is 0 Å². The van der Waals surface area contributed by atoms with Crippen molar-refractivity contribution in [3.63, 3.8) is 0 Å². The molecule has 0 aromatic carbocycles. The van der Waals surface area contributed by atoms with Gasteiger partial charge in [-0.2, -0.15) is 4.73 Å². The summed E-state index contributed by atoms with van der Waals surface area (Å²) in [5, 5.41) is 9.42. The van der Waals surface area contributed by atoms with Gasteiger partial charge < -0.3 is 29.5 Å². The molecule has 2 heterocycles. The zero-order chi connectivity index (χ0) is 18.3. The molecule has 1 atom stereocenters. The molecule has 1 unspecified atom stereocenters. The number of fused-ring (bicyclic) bond motifs is 1. The van der Waals surface area contributed by atoms with Gasteiger partial charge in [0.2, 0.25) is 5.65 Å². The standard InChI is InChI=1S/C13H22N5O6P/c1-3-23-25(20,24-4-2)9-21-10(5-19)6-22-18-8-17-11-12(14)15-7-16-13(11)18/h7-8,10,19H,3-6,9H2,1-2H3,(H2,14,15,16). The number of ether oxygens (including phenoxy) is 1. The summed E-state index contributed by atoms with van der Waals surface area (Å²) in [6.45, 7) is 3.48. The molecule has 0 radical (unpaired) electrons. The molecule has 0 amide bonds. The quantitative estimate of drug-likeness (QED) is 0.531. The second-order valence-electron chi connectivity index (χ2n) is 4.84. The molecule has 140 valence electrons. The van der Waals surface area contributed by atoms with E-state index in [9.17, 15) is 9.67 Å². The SMILES string of the molecule is CCOP(=O)(COC(CO)COn1cnc2c(N)ncnc21)OCC. The number of aliphatic hydroxyl groups is 1. The Labute approximate surface area is 144 Å². The zero-order valence-electron chi connectivity index (χ0n) is 14.1. The van der Waals surface area contributed by atoms with Crippen molar-refractivity contribution in [3.8, 4) is 0 Å². The first-order chi connectivity index (χ1) is 12.0. The average Bonchev–Trinajstić information content (AvgIpc) is 3.00. The molecule has 11 nitrogen and oxygen atoms in total. The highest BCUT2D eigenvalue weighted by Gasteiger charge is 2.26. The summed E-state index contributed by atoms with van der Waals surface area (Å²) >= 11 is 0. The second kappa shape index (κ2) is 9.07. The summed E-state index contributed by atoms with van der Waals surface area (Å²) in [5.41, 5.74) is 6.49. The third kappa shape index (κ3) is 5.10. The minimum absolute atomic E-state index is 0.0376. The van der Waals surface area contributed by atoms with Crippen molar-refractivity contribution in [3.05, 3.63) is 12.7 Å². The summed E-state index contributed by atoms with van der Waals surface area (Å²) in [5.74, 6) is 0.233. The Morgan fingerprint density at radius 1 is 1.28 bits per heavy atom. The number of aliphatic hydroxyl groups excluding tert-OH is 1. The van der Waals surface area contributed by atoms with E-state index < -0.39 is 13.7 Å². The van der Waals surface area contributed by atoms with Crippen LogP contribution in [0.1, 0.15) is 13.8 Å². The number of nitrogens with zero attached hydrogens (tertiary/aromatic N) is 4. The molecular formula is C13H22N5O6P. The Bertz CT molecular complexity index is 716. The lowest BCUT2D eigenvalue weighted by atomic mass is 10.4. The highest BCUT2D eigenvalue weighted by atomic mass is 31.2. The van der Waals surface area contributed by atoms with E-state index in [1.54, 1.807) is 13.8 Å². The van der Waals surface area contributed by atoms with Crippen molar-refractivity contribution in [1.82, 2.24) is 19.7 Å². The minimum Gasteiger partial charge on any atom is -0.408 e. The molecule has 0 bridgehead atoms. The Hall–Kier alpha value is -1.78. The fourth-order valence-electron chi connectivity index (χ4n) is 1.95. The van der Waals surface area contributed by atoms with Crippen molar-refractivity contribution < 1.29 is 28.3 Å². The highest BCUT2D eigenvalue weighted by Crippen LogP contribution is 2.48. The van der Waals surface area contributed by atoms with Crippen LogP contribution in [0.15, 0.2) is 12.7 Å². The summed E-state index contributed by atoms with van der Waals surface area (Å²) in [6.07, 6.45) is 1.64. The molecule has 3 N–H and O–H groups in total. The van der Waals surface area contributed by atoms with E-state index >= 15 is 0 Å². The lowest BCUT2D eigenvalue weighted by molar-refractivity contribution is -0.0345. The van der Waals surface area contributed by atoms with Crippen LogP contribution in [0.2, 0.25) is 0 Å². The van der Waals surface area contributed by atoms with Gasteiger partial charge in [-0.3, -0.25) is 4.57 Å². The third-order valence-electron chi connectivity index (χ3n) is 3.05. The number of aromatic nitrogens is 4. The van der Waals surface area contributed by atoms with Crippen LogP contribution in [-0.4, -0.2) is 63.7 Å². The molecule has 12 heteroatoms. The third-order valence-corrected chi connectivity index (χ3v) is 4.82. The van der Waals surface area contributed by atoms with Crippen LogP contribution >= 0.6 is 7.60 Å². The molecule has 0 aliphatic rings. The first kappa shape index (κ1) is 19.5. The fraction of sp³-hybridized carbons (Fsp3) is 0.615. The van der Waals surface area contributed by atoms with Gasteiger partial charge in [0.05, 0.1) is 19.8 Å². The lowest BCUT2D eigenvalue weighted by Crippen LogP contribution is -2.30. The normalized spacial score (nSPS) is 13.2. The predicted octanol–water partition coefficient (Wildman–Crippen LogP) is 0.438. The highest BCUT2D eigenvalue weighted by molar-refractivity contribution is 7.53. The number of imidazole rings is 1. The Kier molecular flexibility index (Phi) is 7.09. The molecule has 2 aromatic rings.